The minimum Gasteiger partial charge on any atom is -0.489 e. The van der Waals surface area contributed by atoms with Gasteiger partial charge in [0, 0.05) is 44.3 Å². The summed E-state index contributed by atoms with van der Waals surface area (Å²) in [7, 11) is 0. The summed E-state index contributed by atoms with van der Waals surface area (Å²) in [6.45, 7) is 8.00. The van der Waals surface area contributed by atoms with Gasteiger partial charge in [-0.25, -0.2) is 13.6 Å². The quantitative estimate of drug-likeness (QED) is 0.621. The lowest BCUT2D eigenvalue weighted by Crippen LogP contribution is -2.52. The fraction of sp³-hybridized carbons (Fsp3) is 0.500. The van der Waals surface area contributed by atoms with Crippen LogP contribution in [-0.2, 0) is 0 Å². The average Bonchev–Trinajstić information content (AvgIpc) is 2.82. The highest BCUT2D eigenvalue weighted by atomic mass is 19.1. The maximum atomic E-state index is 13.8. The molecule has 0 radical (unpaired) electrons. The number of amides is 2. The van der Waals surface area contributed by atoms with Gasteiger partial charge in [0.25, 0.3) is 0 Å². The summed E-state index contributed by atoms with van der Waals surface area (Å²) in [5, 5.41) is 5.33. The molecule has 0 aromatic heterocycles. The number of carbonyl (C=O) groups is 1. The van der Waals surface area contributed by atoms with E-state index in [-0.39, 0.29) is 17.8 Å². The van der Waals surface area contributed by atoms with Crippen molar-refractivity contribution in [1.29, 1.82) is 0 Å². The number of urea groups is 1. The SMILES string of the molecule is CC(C)Oc1ccccc1N1CCN([C@H]2CC[C@@H](NC(=O)Nc3cc(F)ccc3F)CC2)CC1. The number of nitrogens with one attached hydrogen (secondary N) is 2. The van der Waals surface area contributed by atoms with Gasteiger partial charge >= 0.3 is 6.03 Å². The zero-order valence-electron chi connectivity index (χ0n) is 19.9. The number of para-hydroxylation sites is 2. The first-order valence-electron chi connectivity index (χ1n) is 12.2. The third-order valence-corrected chi connectivity index (χ3v) is 6.61. The highest BCUT2D eigenvalue weighted by Gasteiger charge is 2.29. The summed E-state index contributed by atoms with van der Waals surface area (Å²) in [4.78, 5) is 17.2. The van der Waals surface area contributed by atoms with E-state index in [1.807, 2.05) is 26.0 Å². The second-order valence-corrected chi connectivity index (χ2v) is 9.39. The van der Waals surface area contributed by atoms with E-state index in [2.05, 4.69) is 32.6 Å². The van der Waals surface area contributed by atoms with Crippen LogP contribution in [0.15, 0.2) is 42.5 Å². The van der Waals surface area contributed by atoms with Gasteiger partial charge in [-0.1, -0.05) is 12.1 Å². The molecule has 34 heavy (non-hydrogen) atoms. The maximum Gasteiger partial charge on any atom is 0.319 e. The summed E-state index contributed by atoms with van der Waals surface area (Å²) < 4.78 is 33.1. The molecule has 1 aliphatic carbocycles. The van der Waals surface area contributed by atoms with E-state index < -0.39 is 17.7 Å². The van der Waals surface area contributed by atoms with Crippen molar-refractivity contribution >= 4 is 17.4 Å². The van der Waals surface area contributed by atoms with Crippen LogP contribution in [0.2, 0.25) is 0 Å². The van der Waals surface area contributed by atoms with Crippen LogP contribution < -0.4 is 20.3 Å². The van der Waals surface area contributed by atoms with E-state index in [0.29, 0.717) is 6.04 Å². The monoisotopic (exact) mass is 472 g/mol. The third kappa shape index (κ3) is 6.17. The number of carbonyl (C=O) groups excluding carboxylic acids is 1. The lowest BCUT2D eigenvalue weighted by atomic mass is 9.90. The van der Waals surface area contributed by atoms with E-state index in [0.717, 1.165) is 81.5 Å². The Bertz CT molecular complexity index is 971. The lowest BCUT2D eigenvalue weighted by Gasteiger charge is -2.43. The molecule has 2 amide bonds. The van der Waals surface area contributed by atoms with Gasteiger partial charge in [0.05, 0.1) is 17.5 Å². The molecule has 2 N–H and O–H groups in total. The molecule has 2 fully saturated rings. The van der Waals surface area contributed by atoms with E-state index in [1.54, 1.807) is 0 Å². The van der Waals surface area contributed by atoms with E-state index in [1.165, 1.54) is 0 Å². The maximum absolute atomic E-state index is 13.8. The third-order valence-electron chi connectivity index (χ3n) is 6.61. The number of nitrogens with zero attached hydrogens (tertiary/aromatic N) is 2. The van der Waals surface area contributed by atoms with Crippen molar-refractivity contribution in [3.8, 4) is 5.75 Å². The van der Waals surface area contributed by atoms with Crippen molar-refractivity contribution in [1.82, 2.24) is 10.2 Å². The number of anilines is 2. The van der Waals surface area contributed by atoms with Crippen LogP contribution in [0.4, 0.5) is 25.0 Å². The van der Waals surface area contributed by atoms with Crippen LogP contribution in [0, 0.1) is 11.6 Å². The van der Waals surface area contributed by atoms with Crippen LogP contribution in [0.5, 0.6) is 5.75 Å². The van der Waals surface area contributed by atoms with Gasteiger partial charge in [0.2, 0.25) is 0 Å². The fourth-order valence-corrected chi connectivity index (χ4v) is 4.92. The first-order valence-corrected chi connectivity index (χ1v) is 12.2. The predicted octanol–water partition coefficient (Wildman–Crippen LogP) is 5.01. The summed E-state index contributed by atoms with van der Waals surface area (Å²) >= 11 is 0. The Morgan fingerprint density at radius 1 is 1.00 bits per heavy atom. The first kappa shape index (κ1) is 24.3. The average molecular weight is 473 g/mol. The summed E-state index contributed by atoms with van der Waals surface area (Å²) in [6, 6.07) is 11.3. The fourth-order valence-electron chi connectivity index (χ4n) is 4.92. The second kappa shape index (κ2) is 11.0. The highest BCUT2D eigenvalue weighted by Crippen LogP contribution is 2.31. The Kier molecular flexibility index (Phi) is 7.88. The molecule has 1 aliphatic heterocycles. The largest absolute Gasteiger partial charge is 0.489 e. The molecule has 2 aromatic rings. The molecule has 0 atom stereocenters. The first-order chi connectivity index (χ1) is 16.4. The summed E-state index contributed by atoms with van der Waals surface area (Å²) in [5.41, 5.74) is 1.01. The van der Waals surface area contributed by atoms with Crippen LogP contribution in [0.3, 0.4) is 0 Å². The number of ether oxygens (including phenoxy) is 1. The smallest absolute Gasteiger partial charge is 0.319 e. The molecule has 0 spiro atoms. The normalized spacial score (nSPS) is 21.4. The van der Waals surface area contributed by atoms with Crippen molar-refractivity contribution in [2.45, 2.75) is 57.7 Å². The topological polar surface area (TPSA) is 56.8 Å². The Balaban J connectivity index is 1.23. The standard InChI is InChI=1S/C26H34F2N4O2/c1-18(2)34-25-6-4-3-5-24(25)32-15-13-31(14-16-32)21-10-8-20(9-11-21)29-26(33)30-23-17-19(27)7-12-22(23)28/h3-7,12,17-18,20-21H,8-11,13-16H2,1-2H3,(H2,29,30,33)/t20-,21+. The van der Waals surface area contributed by atoms with Gasteiger partial charge in [0.15, 0.2) is 0 Å². The molecule has 0 bridgehead atoms. The van der Waals surface area contributed by atoms with Gasteiger partial charge in [-0.15, -0.1) is 0 Å². The minimum atomic E-state index is -0.655. The van der Waals surface area contributed by atoms with Crippen LogP contribution in [-0.4, -0.2) is 55.3 Å². The Morgan fingerprint density at radius 2 is 1.71 bits per heavy atom. The molecule has 1 saturated heterocycles. The van der Waals surface area contributed by atoms with Crippen molar-refractivity contribution < 1.29 is 18.3 Å². The van der Waals surface area contributed by atoms with Gasteiger partial charge in [-0.2, -0.15) is 0 Å². The zero-order chi connectivity index (χ0) is 24.1. The van der Waals surface area contributed by atoms with Crippen LogP contribution in [0.1, 0.15) is 39.5 Å². The van der Waals surface area contributed by atoms with Crippen molar-refractivity contribution in [3.63, 3.8) is 0 Å². The number of rotatable bonds is 6. The van der Waals surface area contributed by atoms with Gasteiger partial charge in [0.1, 0.15) is 17.4 Å². The van der Waals surface area contributed by atoms with E-state index >= 15 is 0 Å². The zero-order valence-corrected chi connectivity index (χ0v) is 19.9. The van der Waals surface area contributed by atoms with Gasteiger partial charge in [-0.3, -0.25) is 4.90 Å². The molecule has 0 unspecified atom stereocenters. The number of benzene rings is 2. The van der Waals surface area contributed by atoms with Crippen molar-refractivity contribution in [2.24, 2.45) is 0 Å². The second-order valence-electron chi connectivity index (χ2n) is 9.39. The van der Waals surface area contributed by atoms with Gasteiger partial charge < -0.3 is 20.3 Å². The molecule has 2 aromatic carbocycles. The van der Waals surface area contributed by atoms with Crippen LogP contribution >= 0.6 is 0 Å². The number of piperazine rings is 1. The molecule has 1 heterocycles. The van der Waals surface area contributed by atoms with E-state index in [4.69, 9.17) is 4.74 Å². The van der Waals surface area contributed by atoms with Crippen molar-refractivity contribution in [2.75, 3.05) is 36.4 Å². The molecule has 184 valence electrons. The highest BCUT2D eigenvalue weighted by molar-refractivity contribution is 5.89. The lowest BCUT2D eigenvalue weighted by molar-refractivity contribution is 0.137. The Labute approximate surface area is 200 Å². The molecule has 1 saturated carbocycles. The molecule has 6 nitrogen and oxygen atoms in total. The molecule has 2 aliphatic rings. The van der Waals surface area contributed by atoms with Gasteiger partial charge in [-0.05, 0) is 63.8 Å². The number of hydrogen-bond acceptors (Lipinski definition) is 4. The molecule has 8 heteroatoms. The predicted molar refractivity (Wildman–Crippen MR) is 131 cm³/mol. The Hall–Kier alpha value is -2.87. The number of halogens is 2. The van der Waals surface area contributed by atoms with Crippen molar-refractivity contribution in [3.05, 3.63) is 54.1 Å². The summed E-state index contributed by atoms with van der Waals surface area (Å²) in [5.74, 6) is -0.306. The Morgan fingerprint density at radius 3 is 2.41 bits per heavy atom. The summed E-state index contributed by atoms with van der Waals surface area (Å²) in [6.07, 6.45) is 3.89. The molecular weight excluding hydrogens is 438 g/mol. The minimum absolute atomic E-state index is 0.0363. The molecular formula is C26H34F2N4O2. The molecule has 4 rings (SSSR count). The number of hydrogen-bond donors (Lipinski definition) is 2. The van der Waals surface area contributed by atoms with E-state index in [9.17, 15) is 13.6 Å². The van der Waals surface area contributed by atoms with Crippen LogP contribution in [0.25, 0.3) is 0 Å².